The molecule has 0 radical (unpaired) electrons. The number of nitro benzene ring substituents is 1. The number of aryl methyl sites for hydroxylation is 2. The van der Waals surface area contributed by atoms with Crippen molar-refractivity contribution in [3.05, 3.63) is 62.1 Å². The second-order valence-corrected chi connectivity index (χ2v) is 6.00. The molecule has 0 spiro atoms. The maximum absolute atomic E-state index is 12.1. The van der Waals surface area contributed by atoms with Crippen molar-refractivity contribution < 1.29 is 9.72 Å². The Kier molecular flexibility index (Phi) is 5.33. The molecule has 120 valence electrons. The Morgan fingerprint density at radius 3 is 2.48 bits per heavy atom. The third-order valence-corrected chi connectivity index (χ3v) is 3.83. The number of carbonyl (C=O) groups is 1. The summed E-state index contributed by atoms with van der Waals surface area (Å²) in [4.78, 5) is 22.6. The Balaban J connectivity index is 2.07. The molecule has 0 bridgehead atoms. The number of nitrogens with zero attached hydrogens (tertiary/aromatic N) is 1. The van der Waals surface area contributed by atoms with E-state index >= 15 is 0 Å². The Bertz CT molecular complexity index is 742. The van der Waals surface area contributed by atoms with Crippen LogP contribution in [-0.2, 0) is 4.79 Å². The van der Waals surface area contributed by atoms with Crippen LogP contribution in [0.15, 0.2) is 40.9 Å². The quantitative estimate of drug-likeness (QED) is 0.608. The SMILES string of the molecule is Cc1cccc(C)c1NC(=O)CNc1ccc(Br)cc1[N+](=O)[O-]. The number of hydrogen-bond donors (Lipinski definition) is 2. The average molecular weight is 378 g/mol. The van der Waals surface area contributed by atoms with E-state index in [1.807, 2.05) is 32.0 Å². The van der Waals surface area contributed by atoms with Crippen molar-refractivity contribution in [1.29, 1.82) is 0 Å². The molecule has 2 rings (SSSR count). The van der Waals surface area contributed by atoms with E-state index in [1.165, 1.54) is 6.07 Å². The predicted molar refractivity (Wildman–Crippen MR) is 93.8 cm³/mol. The van der Waals surface area contributed by atoms with Crippen LogP contribution in [0.2, 0.25) is 0 Å². The summed E-state index contributed by atoms with van der Waals surface area (Å²) in [5.41, 5.74) is 2.92. The van der Waals surface area contributed by atoms with E-state index in [0.717, 1.165) is 16.8 Å². The Morgan fingerprint density at radius 2 is 1.87 bits per heavy atom. The molecule has 2 N–H and O–H groups in total. The Labute approximate surface area is 142 Å². The van der Waals surface area contributed by atoms with Crippen LogP contribution in [0.4, 0.5) is 17.1 Å². The van der Waals surface area contributed by atoms with Crippen molar-refractivity contribution in [2.75, 3.05) is 17.2 Å². The van der Waals surface area contributed by atoms with Crippen molar-refractivity contribution in [3.8, 4) is 0 Å². The summed E-state index contributed by atoms with van der Waals surface area (Å²) in [6.45, 7) is 3.77. The van der Waals surface area contributed by atoms with E-state index < -0.39 is 4.92 Å². The highest BCUT2D eigenvalue weighted by Crippen LogP contribution is 2.27. The number of carbonyl (C=O) groups excluding carboxylic acids is 1. The molecule has 0 aliphatic carbocycles. The molecule has 7 heteroatoms. The van der Waals surface area contributed by atoms with Gasteiger partial charge in [0, 0.05) is 16.2 Å². The molecule has 0 saturated carbocycles. The van der Waals surface area contributed by atoms with Crippen LogP contribution in [0.3, 0.4) is 0 Å². The number of hydrogen-bond acceptors (Lipinski definition) is 4. The number of nitro groups is 1. The van der Waals surface area contributed by atoms with E-state index in [1.54, 1.807) is 12.1 Å². The van der Waals surface area contributed by atoms with Crippen LogP contribution in [-0.4, -0.2) is 17.4 Å². The summed E-state index contributed by atoms with van der Waals surface area (Å²) >= 11 is 3.19. The van der Waals surface area contributed by atoms with Gasteiger partial charge in [-0.15, -0.1) is 0 Å². The van der Waals surface area contributed by atoms with E-state index in [4.69, 9.17) is 0 Å². The van der Waals surface area contributed by atoms with Crippen LogP contribution in [0, 0.1) is 24.0 Å². The minimum atomic E-state index is -0.490. The molecule has 1 amide bonds. The van der Waals surface area contributed by atoms with Gasteiger partial charge in [-0.3, -0.25) is 14.9 Å². The second-order valence-electron chi connectivity index (χ2n) is 5.09. The Morgan fingerprint density at radius 1 is 1.22 bits per heavy atom. The summed E-state index contributed by atoms with van der Waals surface area (Å²) < 4.78 is 0.606. The lowest BCUT2D eigenvalue weighted by Gasteiger charge is -2.12. The first-order valence-electron chi connectivity index (χ1n) is 6.92. The number of anilines is 2. The smallest absolute Gasteiger partial charge is 0.293 e. The summed E-state index contributed by atoms with van der Waals surface area (Å²) in [5.74, 6) is -0.264. The zero-order valence-electron chi connectivity index (χ0n) is 12.7. The maximum atomic E-state index is 12.1. The first-order valence-corrected chi connectivity index (χ1v) is 7.71. The van der Waals surface area contributed by atoms with Gasteiger partial charge in [0.15, 0.2) is 0 Å². The molecule has 0 heterocycles. The lowest BCUT2D eigenvalue weighted by molar-refractivity contribution is -0.384. The van der Waals surface area contributed by atoms with Gasteiger partial charge >= 0.3 is 0 Å². The fourth-order valence-corrected chi connectivity index (χ4v) is 2.53. The molecule has 6 nitrogen and oxygen atoms in total. The molecular formula is C16H16BrN3O3. The molecule has 23 heavy (non-hydrogen) atoms. The third kappa shape index (κ3) is 4.29. The minimum Gasteiger partial charge on any atom is -0.371 e. The molecular weight excluding hydrogens is 362 g/mol. The van der Waals surface area contributed by atoms with Crippen molar-refractivity contribution in [3.63, 3.8) is 0 Å². The summed E-state index contributed by atoms with van der Waals surface area (Å²) in [7, 11) is 0. The van der Waals surface area contributed by atoms with Crippen LogP contribution in [0.25, 0.3) is 0 Å². The van der Waals surface area contributed by atoms with E-state index in [0.29, 0.717) is 10.2 Å². The van der Waals surface area contributed by atoms with Crippen molar-refractivity contribution in [2.24, 2.45) is 0 Å². The topological polar surface area (TPSA) is 84.3 Å². The van der Waals surface area contributed by atoms with Gasteiger partial charge in [0.2, 0.25) is 5.91 Å². The van der Waals surface area contributed by atoms with Gasteiger partial charge in [-0.1, -0.05) is 34.1 Å². The Hall–Kier alpha value is -2.41. The van der Waals surface area contributed by atoms with E-state index in [2.05, 4.69) is 26.6 Å². The largest absolute Gasteiger partial charge is 0.371 e. The highest BCUT2D eigenvalue weighted by Gasteiger charge is 2.15. The molecule has 0 saturated heterocycles. The van der Waals surface area contributed by atoms with Crippen molar-refractivity contribution in [1.82, 2.24) is 0 Å². The second kappa shape index (κ2) is 7.23. The van der Waals surface area contributed by atoms with E-state index in [9.17, 15) is 14.9 Å². The van der Waals surface area contributed by atoms with Crippen LogP contribution in [0.1, 0.15) is 11.1 Å². The summed E-state index contributed by atoms with van der Waals surface area (Å²) in [5, 5.41) is 16.7. The molecule has 2 aromatic rings. The van der Waals surface area contributed by atoms with Crippen LogP contribution >= 0.6 is 15.9 Å². The zero-order valence-corrected chi connectivity index (χ0v) is 14.3. The van der Waals surface area contributed by atoms with Gasteiger partial charge in [-0.25, -0.2) is 0 Å². The first-order chi connectivity index (χ1) is 10.9. The lowest BCUT2D eigenvalue weighted by Crippen LogP contribution is -2.23. The highest BCUT2D eigenvalue weighted by molar-refractivity contribution is 9.10. The molecule has 0 aliphatic rings. The number of halogens is 1. The number of nitrogens with one attached hydrogen (secondary N) is 2. The normalized spacial score (nSPS) is 10.2. The fraction of sp³-hybridized carbons (Fsp3) is 0.188. The van der Waals surface area contributed by atoms with Crippen LogP contribution in [0.5, 0.6) is 0 Å². The summed E-state index contributed by atoms with van der Waals surface area (Å²) in [6, 6.07) is 10.4. The fourth-order valence-electron chi connectivity index (χ4n) is 2.18. The summed E-state index contributed by atoms with van der Waals surface area (Å²) in [6.07, 6.45) is 0. The first kappa shape index (κ1) is 17.0. The van der Waals surface area contributed by atoms with Gasteiger partial charge < -0.3 is 10.6 Å². The number of rotatable bonds is 5. The number of para-hydroxylation sites is 1. The van der Waals surface area contributed by atoms with E-state index in [-0.39, 0.29) is 18.1 Å². The molecule has 2 aromatic carbocycles. The van der Waals surface area contributed by atoms with Crippen molar-refractivity contribution >= 4 is 38.9 Å². The highest BCUT2D eigenvalue weighted by atomic mass is 79.9. The third-order valence-electron chi connectivity index (χ3n) is 3.34. The molecule has 0 aromatic heterocycles. The average Bonchev–Trinajstić information content (AvgIpc) is 2.49. The van der Waals surface area contributed by atoms with Gasteiger partial charge in [-0.2, -0.15) is 0 Å². The molecule has 0 atom stereocenters. The number of benzene rings is 2. The van der Waals surface area contributed by atoms with Crippen LogP contribution < -0.4 is 10.6 Å². The monoisotopic (exact) mass is 377 g/mol. The number of amides is 1. The van der Waals surface area contributed by atoms with Gasteiger partial charge in [0.1, 0.15) is 5.69 Å². The van der Waals surface area contributed by atoms with Gasteiger partial charge in [0.25, 0.3) is 5.69 Å². The molecule has 0 fully saturated rings. The van der Waals surface area contributed by atoms with Crippen molar-refractivity contribution in [2.45, 2.75) is 13.8 Å². The predicted octanol–water partition coefficient (Wildman–Crippen LogP) is 4.02. The molecule has 0 unspecified atom stereocenters. The lowest BCUT2D eigenvalue weighted by atomic mass is 10.1. The van der Waals surface area contributed by atoms with Gasteiger partial charge in [-0.05, 0) is 37.1 Å². The molecule has 0 aliphatic heterocycles. The maximum Gasteiger partial charge on any atom is 0.293 e. The van der Waals surface area contributed by atoms with Gasteiger partial charge in [0.05, 0.1) is 11.5 Å². The standard InChI is InChI=1S/C16H16BrN3O3/c1-10-4-3-5-11(2)16(10)19-15(21)9-18-13-7-6-12(17)8-14(13)20(22)23/h3-8,18H,9H2,1-2H3,(H,19,21). The zero-order chi connectivity index (χ0) is 17.0. The minimum absolute atomic E-state index is 0.0593.